The molecular formula is C16H35N3. The third-order valence-electron chi connectivity index (χ3n) is 4.49. The molecule has 2 fully saturated rings. The number of nitrogens with zero attached hydrogens (tertiary/aromatic N) is 3. The zero-order chi connectivity index (χ0) is 14.3. The molecule has 0 aromatic rings. The van der Waals surface area contributed by atoms with Gasteiger partial charge < -0.3 is 14.7 Å². The molecule has 2 aliphatic rings. The van der Waals surface area contributed by atoms with Crippen LogP contribution in [0.5, 0.6) is 0 Å². The second-order valence-electron chi connectivity index (χ2n) is 6.18. The van der Waals surface area contributed by atoms with Gasteiger partial charge in [-0.1, -0.05) is 13.8 Å². The lowest BCUT2D eigenvalue weighted by atomic mass is 9.95. The Balaban J connectivity index is 0.000000861. The molecule has 0 aromatic heterocycles. The topological polar surface area (TPSA) is 9.72 Å². The summed E-state index contributed by atoms with van der Waals surface area (Å²) >= 11 is 0. The van der Waals surface area contributed by atoms with Gasteiger partial charge in [-0.25, -0.2) is 0 Å². The quantitative estimate of drug-likeness (QED) is 0.779. The number of likely N-dealkylation sites (N-methyl/N-ethyl adjacent to an activating group) is 1. The van der Waals surface area contributed by atoms with Crippen LogP contribution in [0.4, 0.5) is 0 Å². The SMILES string of the molecule is CC.CC(C)N1CCC(CN2CCN(C)CC2)CC1. The van der Waals surface area contributed by atoms with Crippen LogP contribution in [0.1, 0.15) is 40.5 Å². The molecular weight excluding hydrogens is 234 g/mol. The molecule has 0 bridgehead atoms. The van der Waals surface area contributed by atoms with Crippen LogP contribution < -0.4 is 0 Å². The maximum atomic E-state index is 2.68. The van der Waals surface area contributed by atoms with Crippen molar-refractivity contribution < 1.29 is 0 Å². The smallest absolute Gasteiger partial charge is 0.0110 e. The lowest BCUT2D eigenvalue weighted by molar-refractivity contribution is 0.0956. The minimum Gasteiger partial charge on any atom is -0.304 e. The van der Waals surface area contributed by atoms with Gasteiger partial charge in [-0.3, -0.25) is 0 Å². The fraction of sp³-hybridized carbons (Fsp3) is 1.00. The average molecular weight is 269 g/mol. The van der Waals surface area contributed by atoms with E-state index in [1.54, 1.807) is 0 Å². The molecule has 0 saturated carbocycles. The molecule has 0 radical (unpaired) electrons. The molecule has 0 aromatic carbocycles. The van der Waals surface area contributed by atoms with Crippen LogP contribution >= 0.6 is 0 Å². The Morgan fingerprint density at radius 3 is 1.89 bits per heavy atom. The largest absolute Gasteiger partial charge is 0.304 e. The lowest BCUT2D eigenvalue weighted by Crippen LogP contribution is -2.48. The van der Waals surface area contributed by atoms with E-state index in [1.165, 1.54) is 58.7 Å². The Hall–Kier alpha value is -0.120. The van der Waals surface area contributed by atoms with E-state index in [4.69, 9.17) is 0 Å². The molecule has 2 aliphatic heterocycles. The number of piperidine rings is 1. The van der Waals surface area contributed by atoms with Crippen molar-refractivity contribution >= 4 is 0 Å². The van der Waals surface area contributed by atoms with Crippen molar-refractivity contribution in [3.8, 4) is 0 Å². The van der Waals surface area contributed by atoms with Gasteiger partial charge in [0.05, 0.1) is 0 Å². The molecule has 0 N–H and O–H groups in total. The highest BCUT2D eigenvalue weighted by molar-refractivity contribution is 4.78. The summed E-state index contributed by atoms with van der Waals surface area (Å²) in [5, 5.41) is 0. The number of hydrogen-bond donors (Lipinski definition) is 0. The van der Waals surface area contributed by atoms with Gasteiger partial charge in [0.15, 0.2) is 0 Å². The molecule has 2 saturated heterocycles. The summed E-state index contributed by atoms with van der Waals surface area (Å²) in [7, 11) is 2.23. The fourth-order valence-corrected chi connectivity index (χ4v) is 3.05. The predicted octanol–water partition coefficient (Wildman–Crippen LogP) is 2.38. The van der Waals surface area contributed by atoms with E-state index < -0.39 is 0 Å². The van der Waals surface area contributed by atoms with Gasteiger partial charge in [-0.05, 0) is 52.7 Å². The summed E-state index contributed by atoms with van der Waals surface area (Å²) in [4.78, 5) is 7.74. The van der Waals surface area contributed by atoms with Crippen molar-refractivity contribution in [1.29, 1.82) is 0 Å². The molecule has 2 rings (SSSR count). The first-order chi connectivity index (χ1) is 9.15. The maximum Gasteiger partial charge on any atom is 0.0110 e. The highest BCUT2D eigenvalue weighted by atomic mass is 15.2. The van der Waals surface area contributed by atoms with Crippen LogP contribution in [0.25, 0.3) is 0 Å². The highest BCUT2D eigenvalue weighted by Crippen LogP contribution is 2.20. The molecule has 0 aliphatic carbocycles. The van der Waals surface area contributed by atoms with Crippen LogP contribution in [0.2, 0.25) is 0 Å². The zero-order valence-electron chi connectivity index (χ0n) is 13.9. The Kier molecular flexibility index (Phi) is 7.96. The Bertz CT molecular complexity index is 214. The molecule has 114 valence electrons. The third kappa shape index (κ3) is 5.80. The minimum atomic E-state index is 0.736. The molecule has 19 heavy (non-hydrogen) atoms. The zero-order valence-corrected chi connectivity index (χ0v) is 13.9. The van der Waals surface area contributed by atoms with Gasteiger partial charge in [0.25, 0.3) is 0 Å². The highest BCUT2D eigenvalue weighted by Gasteiger charge is 2.23. The monoisotopic (exact) mass is 269 g/mol. The van der Waals surface area contributed by atoms with Gasteiger partial charge in [-0.15, -0.1) is 0 Å². The standard InChI is InChI=1S/C14H29N3.C2H6/c1-13(2)17-6-4-14(5-7-17)12-16-10-8-15(3)9-11-16;1-2/h13-14H,4-12H2,1-3H3;1-2H3. The first kappa shape index (κ1) is 16.9. The van der Waals surface area contributed by atoms with Crippen LogP contribution in [0.15, 0.2) is 0 Å². The summed E-state index contributed by atoms with van der Waals surface area (Å²) in [5.74, 6) is 0.952. The molecule has 3 nitrogen and oxygen atoms in total. The number of likely N-dealkylation sites (tertiary alicyclic amines) is 1. The van der Waals surface area contributed by atoms with Crippen LogP contribution in [-0.4, -0.2) is 73.6 Å². The molecule has 0 spiro atoms. The summed E-state index contributed by atoms with van der Waals surface area (Å²) in [5.41, 5.74) is 0. The van der Waals surface area contributed by atoms with E-state index in [0.717, 1.165) is 12.0 Å². The van der Waals surface area contributed by atoms with Crippen molar-refractivity contribution in [2.45, 2.75) is 46.6 Å². The van der Waals surface area contributed by atoms with E-state index in [0.29, 0.717) is 0 Å². The second-order valence-corrected chi connectivity index (χ2v) is 6.18. The van der Waals surface area contributed by atoms with Gasteiger partial charge in [0.2, 0.25) is 0 Å². The summed E-state index contributed by atoms with van der Waals surface area (Å²) in [6, 6.07) is 0.736. The van der Waals surface area contributed by atoms with Crippen molar-refractivity contribution in [3.63, 3.8) is 0 Å². The van der Waals surface area contributed by atoms with Gasteiger partial charge in [0, 0.05) is 38.8 Å². The molecule has 3 heteroatoms. The van der Waals surface area contributed by atoms with Gasteiger partial charge >= 0.3 is 0 Å². The number of hydrogen-bond acceptors (Lipinski definition) is 3. The number of piperazine rings is 1. The average Bonchev–Trinajstić information content (AvgIpc) is 2.44. The van der Waals surface area contributed by atoms with Crippen molar-refractivity contribution in [2.75, 3.05) is 52.9 Å². The van der Waals surface area contributed by atoms with E-state index in [2.05, 4.69) is 35.6 Å². The Morgan fingerprint density at radius 2 is 1.42 bits per heavy atom. The molecule has 0 atom stereocenters. The fourth-order valence-electron chi connectivity index (χ4n) is 3.05. The normalized spacial score (nSPS) is 24.3. The van der Waals surface area contributed by atoms with Crippen molar-refractivity contribution in [1.82, 2.24) is 14.7 Å². The second kappa shape index (κ2) is 8.93. The Morgan fingerprint density at radius 1 is 0.895 bits per heavy atom. The first-order valence-electron chi connectivity index (χ1n) is 8.30. The summed E-state index contributed by atoms with van der Waals surface area (Å²) < 4.78 is 0. The molecule has 2 heterocycles. The van der Waals surface area contributed by atoms with Crippen LogP contribution in [-0.2, 0) is 0 Å². The van der Waals surface area contributed by atoms with E-state index in [-0.39, 0.29) is 0 Å². The Labute approximate surface area is 120 Å². The van der Waals surface area contributed by atoms with E-state index in [9.17, 15) is 0 Å². The van der Waals surface area contributed by atoms with Crippen LogP contribution in [0.3, 0.4) is 0 Å². The van der Waals surface area contributed by atoms with Crippen molar-refractivity contribution in [2.24, 2.45) is 5.92 Å². The lowest BCUT2D eigenvalue weighted by Gasteiger charge is -2.39. The minimum absolute atomic E-state index is 0.736. The van der Waals surface area contributed by atoms with Gasteiger partial charge in [-0.2, -0.15) is 0 Å². The molecule has 0 unspecified atom stereocenters. The maximum absolute atomic E-state index is 2.68. The summed E-state index contributed by atoms with van der Waals surface area (Å²) in [6.45, 7) is 17.7. The van der Waals surface area contributed by atoms with Crippen molar-refractivity contribution in [3.05, 3.63) is 0 Å². The third-order valence-corrected chi connectivity index (χ3v) is 4.49. The first-order valence-corrected chi connectivity index (χ1v) is 8.30. The van der Waals surface area contributed by atoms with E-state index >= 15 is 0 Å². The van der Waals surface area contributed by atoms with E-state index in [1.807, 2.05) is 13.8 Å². The van der Waals surface area contributed by atoms with Crippen LogP contribution in [0, 0.1) is 5.92 Å². The predicted molar refractivity (Wildman–Crippen MR) is 84.7 cm³/mol. The molecule has 0 amide bonds. The van der Waals surface area contributed by atoms with Gasteiger partial charge in [0.1, 0.15) is 0 Å². The number of rotatable bonds is 3. The summed E-state index contributed by atoms with van der Waals surface area (Å²) in [6.07, 6.45) is 2.81.